The number of hydrogen-bond acceptors (Lipinski definition) is 3. The van der Waals surface area contributed by atoms with Crippen molar-refractivity contribution in [2.75, 3.05) is 9.62 Å². The van der Waals surface area contributed by atoms with E-state index in [0.29, 0.717) is 5.69 Å². The van der Waals surface area contributed by atoms with Gasteiger partial charge in [0.2, 0.25) is 0 Å². The Morgan fingerprint density at radius 3 is 2.48 bits per heavy atom. The topological polar surface area (TPSA) is 66.5 Å². The summed E-state index contributed by atoms with van der Waals surface area (Å²) in [6.45, 7) is 1.97. The smallest absolute Gasteiger partial charge is 0.263 e. The van der Waals surface area contributed by atoms with Gasteiger partial charge in [0.1, 0.15) is 4.90 Å². The lowest BCUT2D eigenvalue weighted by Crippen LogP contribution is -2.35. The Hall–Kier alpha value is -2.83. The van der Waals surface area contributed by atoms with Crippen molar-refractivity contribution in [1.82, 2.24) is 0 Å². The molecule has 0 fully saturated rings. The zero-order chi connectivity index (χ0) is 20.6. The quantitative estimate of drug-likeness (QED) is 0.655. The van der Waals surface area contributed by atoms with E-state index in [-0.39, 0.29) is 27.4 Å². The maximum atomic E-state index is 13.2. The highest BCUT2D eigenvalue weighted by atomic mass is 35.5. The normalized spacial score (nSPS) is 15.8. The minimum absolute atomic E-state index is 0.0157. The van der Waals surface area contributed by atoms with Gasteiger partial charge in [-0.15, -0.1) is 0 Å². The number of nitrogens with one attached hydrogen (secondary N) is 1. The third-order valence-corrected chi connectivity index (χ3v) is 6.78. The Balaban J connectivity index is 1.69. The number of halogens is 1. The zero-order valence-corrected chi connectivity index (χ0v) is 17.2. The molecule has 3 aromatic carbocycles. The molecular weight excluding hydrogens is 408 g/mol. The second-order valence-electron chi connectivity index (χ2n) is 6.97. The summed E-state index contributed by atoms with van der Waals surface area (Å²) in [5, 5.41) is 0.0554. The summed E-state index contributed by atoms with van der Waals surface area (Å²) in [5.41, 5.74) is 2.64. The van der Waals surface area contributed by atoms with Crippen LogP contribution in [0.5, 0.6) is 0 Å². The Morgan fingerprint density at radius 1 is 1.03 bits per heavy atom. The van der Waals surface area contributed by atoms with Crippen molar-refractivity contribution >= 4 is 38.9 Å². The molecule has 1 atom stereocenters. The van der Waals surface area contributed by atoms with Crippen molar-refractivity contribution in [2.45, 2.75) is 24.3 Å². The third kappa shape index (κ3) is 3.73. The van der Waals surface area contributed by atoms with E-state index >= 15 is 0 Å². The molecule has 0 saturated heterocycles. The highest BCUT2D eigenvalue weighted by Crippen LogP contribution is 2.34. The molecular formula is C22H19ClN2O3S. The van der Waals surface area contributed by atoms with E-state index in [2.05, 4.69) is 4.72 Å². The SMILES string of the molecule is C[C@H]1Cc2ccccc2N1C(=O)c1ccc(Cl)c(S(=O)(=O)Nc2ccccc2)c1. The average molecular weight is 427 g/mol. The molecule has 0 unspecified atom stereocenters. The summed E-state index contributed by atoms with van der Waals surface area (Å²) in [6, 6.07) is 20.6. The minimum Gasteiger partial charge on any atom is -0.305 e. The van der Waals surface area contributed by atoms with Crippen LogP contribution >= 0.6 is 11.6 Å². The molecule has 0 aliphatic carbocycles. The van der Waals surface area contributed by atoms with Gasteiger partial charge in [-0.1, -0.05) is 48.0 Å². The fraction of sp³-hybridized carbons (Fsp3) is 0.136. The Labute approximate surface area is 175 Å². The summed E-state index contributed by atoms with van der Waals surface area (Å²) < 4.78 is 28.2. The molecule has 5 nitrogen and oxygen atoms in total. The largest absolute Gasteiger partial charge is 0.305 e. The van der Waals surface area contributed by atoms with Crippen molar-refractivity contribution in [3.8, 4) is 0 Å². The standard InChI is InChI=1S/C22H19ClN2O3S/c1-15-13-16-7-5-6-10-20(16)25(15)22(26)17-11-12-19(23)21(14-17)29(27,28)24-18-8-3-2-4-9-18/h2-12,14-15,24H,13H2,1H3/t15-/m0/s1. The van der Waals surface area contributed by atoms with E-state index in [4.69, 9.17) is 11.6 Å². The molecule has 0 spiro atoms. The highest BCUT2D eigenvalue weighted by molar-refractivity contribution is 7.92. The van der Waals surface area contributed by atoms with Gasteiger partial charge in [0, 0.05) is 23.0 Å². The van der Waals surface area contributed by atoms with Gasteiger partial charge in [0.05, 0.1) is 5.02 Å². The van der Waals surface area contributed by atoms with Gasteiger partial charge in [0.25, 0.3) is 15.9 Å². The predicted molar refractivity (Wildman–Crippen MR) is 115 cm³/mol. The predicted octanol–water partition coefficient (Wildman–Crippen LogP) is 4.73. The van der Waals surface area contributed by atoms with E-state index < -0.39 is 10.0 Å². The number of benzene rings is 3. The van der Waals surface area contributed by atoms with E-state index in [9.17, 15) is 13.2 Å². The molecule has 0 radical (unpaired) electrons. The fourth-order valence-corrected chi connectivity index (χ4v) is 5.16. The molecule has 29 heavy (non-hydrogen) atoms. The van der Waals surface area contributed by atoms with Gasteiger partial charge in [-0.25, -0.2) is 8.42 Å². The summed E-state index contributed by atoms with van der Waals surface area (Å²) in [4.78, 5) is 14.8. The molecule has 0 bridgehead atoms. The first-order chi connectivity index (χ1) is 13.9. The van der Waals surface area contributed by atoms with Crippen LogP contribution in [0.25, 0.3) is 0 Å². The minimum atomic E-state index is -3.95. The van der Waals surface area contributed by atoms with Crippen LogP contribution in [0.2, 0.25) is 5.02 Å². The van der Waals surface area contributed by atoms with Crippen molar-refractivity contribution in [3.63, 3.8) is 0 Å². The number of hydrogen-bond donors (Lipinski definition) is 1. The lowest BCUT2D eigenvalue weighted by atomic mass is 10.1. The zero-order valence-electron chi connectivity index (χ0n) is 15.7. The van der Waals surface area contributed by atoms with Gasteiger partial charge in [-0.3, -0.25) is 9.52 Å². The Morgan fingerprint density at radius 2 is 1.72 bits per heavy atom. The maximum Gasteiger partial charge on any atom is 0.263 e. The van der Waals surface area contributed by atoms with E-state index in [1.54, 1.807) is 41.3 Å². The van der Waals surface area contributed by atoms with Crippen molar-refractivity contribution in [2.24, 2.45) is 0 Å². The number of sulfonamides is 1. The van der Waals surface area contributed by atoms with Gasteiger partial charge >= 0.3 is 0 Å². The summed E-state index contributed by atoms with van der Waals surface area (Å²) in [6.07, 6.45) is 0.760. The van der Waals surface area contributed by atoms with E-state index in [1.165, 1.54) is 12.1 Å². The van der Waals surface area contributed by atoms with Crippen LogP contribution in [0.4, 0.5) is 11.4 Å². The average Bonchev–Trinajstić information content (AvgIpc) is 3.03. The Kier molecular flexibility index (Phi) is 5.06. The molecule has 7 heteroatoms. The molecule has 0 aromatic heterocycles. The van der Waals surface area contributed by atoms with Crippen LogP contribution in [0, 0.1) is 0 Å². The molecule has 1 N–H and O–H groups in total. The molecule has 4 rings (SSSR count). The van der Waals surface area contributed by atoms with Gasteiger partial charge in [-0.05, 0) is 55.3 Å². The lowest BCUT2D eigenvalue weighted by molar-refractivity contribution is 0.0981. The van der Waals surface area contributed by atoms with Crippen LogP contribution in [0.1, 0.15) is 22.8 Å². The maximum absolute atomic E-state index is 13.2. The van der Waals surface area contributed by atoms with E-state index in [1.807, 2.05) is 31.2 Å². The molecule has 1 amide bonds. The summed E-state index contributed by atoms with van der Waals surface area (Å²) >= 11 is 6.18. The second kappa shape index (κ2) is 7.54. The first-order valence-corrected chi connectivity index (χ1v) is 11.0. The number of nitrogens with zero attached hydrogens (tertiary/aromatic N) is 1. The lowest BCUT2D eigenvalue weighted by Gasteiger charge is -2.23. The molecule has 1 aliphatic rings. The molecule has 148 valence electrons. The van der Waals surface area contributed by atoms with Crippen molar-refractivity contribution < 1.29 is 13.2 Å². The third-order valence-electron chi connectivity index (χ3n) is 4.92. The molecule has 1 heterocycles. The Bertz CT molecular complexity index is 1180. The van der Waals surface area contributed by atoms with Crippen LogP contribution in [0.3, 0.4) is 0 Å². The monoisotopic (exact) mass is 426 g/mol. The first-order valence-electron chi connectivity index (χ1n) is 9.16. The fourth-order valence-electron chi connectivity index (χ4n) is 3.57. The number of carbonyl (C=O) groups is 1. The van der Waals surface area contributed by atoms with Crippen LogP contribution in [-0.4, -0.2) is 20.4 Å². The van der Waals surface area contributed by atoms with Gasteiger partial charge in [-0.2, -0.15) is 0 Å². The molecule has 1 aliphatic heterocycles. The number of fused-ring (bicyclic) bond motifs is 1. The second-order valence-corrected chi connectivity index (χ2v) is 9.03. The number of carbonyl (C=O) groups excluding carboxylic acids is 1. The number of rotatable bonds is 4. The van der Waals surface area contributed by atoms with Gasteiger partial charge < -0.3 is 4.90 Å². The molecule has 3 aromatic rings. The molecule has 0 saturated carbocycles. The highest BCUT2D eigenvalue weighted by Gasteiger charge is 2.32. The number of anilines is 2. The first kappa shape index (κ1) is 19.5. The summed E-state index contributed by atoms with van der Waals surface area (Å²) in [5.74, 6) is -0.254. The van der Waals surface area contributed by atoms with Crippen molar-refractivity contribution in [1.29, 1.82) is 0 Å². The summed E-state index contributed by atoms with van der Waals surface area (Å²) in [7, 11) is -3.95. The van der Waals surface area contributed by atoms with Gasteiger partial charge in [0.15, 0.2) is 0 Å². The number of para-hydroxylation sites is 2. The van der Waals surface area contributed by atoms with E-state index in [0.717, 1.165) is 17.7 Å². The van der Waals surface area contributed by atoms with Crippen LogP contribution in [-0.2, 0) is 16.4 Å². The van der Waals surface area contributed by atoms with Crippen LogP contribution < -0.4 is 9.62 Å². The number of amides is 1. The van der Waals surface area contributed by atoms with Crippen molar-refractivity contribution in [3.05, 3.63) is 88.9 Å². The van der Waals surface area contributed by atoms with Crippen LogP contribution in [0.15, 0.2) is 77.7 Å².